The molecule has 0 radical (unpaired) electrons. The van der Waals surface area contributed by atoms with Crippen molar-refractivity contribution in [3.8, 4) is 0 Å². The van der Waals surface area contributed by atoms with Crippen LogP contribution in [0.15, 0.2) is 24.3 Å². The van der Waals surface area contributed by atoms with E-state index in [4.69, 9.17) is 0 Å². The number of hydrogen-bond acceptors (Lipinski definition) is 1. The summed E-state index contributed by atoms with van der Waals surface area (Å²) in [4.78, 5) is 11.9. The second kappa shape index (κ2) is 4.91. The Morgan fingerprint density at radius 3 is 2.71 bits per heavy atom. The molecular formula is C15H21NO. The Kier molecular flexibility index (Phi) is 3.51. The molecule has 0 saturated heterocycles. The lowest BCUT2D eigenvalue weighted by atomic mass is 9.97. The van der Waals surface area contributed by atoms with Gasteiger partial charge in [0, 0.05) is 11.6 Å². The van der Waals surface area contributed by atoms with Gasteiger partial charge in [0.05, 0.1) is 0 Å². The number of nitrogens with one attached hydrogen (secondary N) is 1. The second-order valence-electron chi connectivity index (χ2n) is 5.21. The summed E-state index contributed by atoms with van der Waals surface area (Å²) in [5.74, 6) is 1.47. The van der Waals surface area contributed by atoms with Crippen LogP contribution in [0.5, 0.6) is 0 Å². The van der Waals surface area contributed by atoms with Gasteiger partial charge < -0.3 is 5.32 Å². The Morgan fingerprint density at radius 2 is 2.12 bits per heavy atom. The van der Waals surface area contributed by atoms with Gasteiger partial charge in [0.2, 0.25) is 5.91 Å². The van der Waals surface area contributed by atoms with Crippen molar-refractivity contribution < 1.29 is 4.79 Å². The number of anilines is 1. The fourth-order valence-electron chi connectivity index (χ4n) is 2.17. The zero-order valence-corrected chi connectivity index (χ0v) is 10.9. The van der Waals surface area contributed by atoms with Gasteiger partial charge in [-0.2, -0.15) is 0 Å². The van der Waals surface area contributed by atoms with E-state index < -0.39 is 0 Å². The highest BCUT2D eigenvalue weighted by Crippen LogP contribution is 2.39. The van der Waals surface area contributed by atoms with Crippen molar-refractivity contribution in [1.29, 1.82) is 0 Å². The Bertz CT molecular complexity index is 413. The van der Waals surface area contributed by atoms with E-state index in [2.05, 4.69) is 32.2 Å². The van der Waals surface area contributed by atoms with E-state index in [1.165, 1.54) is 5.56 Å². The zero-order chi connectivity index (χ0) is 12.4. The van der Waals surface area contributed by atoms with E-state index in [9.17, 15) is 4.79 Å². The molecule has 1 aromatic carbocycles. The minimum Gasteiger partial charge on any atom is -0.326 e. The lowest BCUT2D eigenvalue weighted by Gasteiger charge is -2.15. The SMILES string of the molecule is CC[C@H](C)c1ccccc1NC(=O)[C@@H]1C[C@@H]1C. The van der Waals surface area contributed by atoms with Gasteiger partial charge >= 0.3 is 0 Å². The smallest absolute Gasteiger partial charge is 0.227 e. The number of carbonyl (C=O) groups excluding carboxylic acids is 1. The third-order valence-corrected chi connectivity index (χ3v) is 3.81. The summed E-state index contributed by atoms with van der Waals surface area (Å²) in [6.07, 6.45) is 2.13. The van der Waals surface area contributed by atoms with Crippen LogP contribution in [0.2, 0.25) is 0 Å². The van der Waals surface area contributed by atoms with Gasteiger partial charge in [-0.25, -0.2) is 0 Å². The largest absolute Gasteiger partial charge is 0.326 e. The van der Waals surface area contributed by atoms with Crippen molar-refractivity contribution >= 4 is 11.6 Å². The van der Waals surface area contributed by atoms with Gasteiger partial charge in [-0.3, -0.25) is 4.79 Å². The highest BCUT2D eigenvalue weighted by atomic mass is 16.2. The first-order valence-corrected chi connectivity index (χ1v) is 6.53. The molecule has 1 aromatic rings. The van der Waals surface area contributed by atoms with E-state index in [1.54, 1.807) is 0 Å². The molecule has 1 aliphatic rings. The molecule has 2 rings (SSSR count). The molecule has 0 aliphatic heterocycles. The maximum atomic E-state index is 11.9. The molecule has 0 heterocycles. The van der Waals surface area contributed by atoms with Gasteiger partial charge in [0.15, 0.2) is 0 Å². The summed E-state index contributed by atoms with van der Waals surface area (Å²) >= 11 is 0. The van der Waals surface area contributed by atoms with Crippen molar-refractivity contribution in [2.24, 2.45) is 11.8 Å². The van der Waals surface area contributed by atoms with Crippen LogP contribution in [-0.4, -0.2) is 5.91 Å². The van der Waals surface area contributed by atoms with Crippen molar-refractivity contribution in [3.05, 3.63) is 29.8 Å². The van der Waals surface area contributed by atoms with E-state index in [0.29, 0.717) is 11.8 Å². The molecule has 0 unspecified atom stereocenters. The van der Waals surface area contributed by atoms with Crippen LogP contribution >= 0.6 is 0 Å². The number of hydrogen-bond donors (Lipinski definition) is 1. The zero-order valence-electron chi connectivity index (χ0n) is 10.9. The van der Waals surface area contributed by atoms with Crippen LogP contribution in [0.25, 0.3) is 0 Å². The Hall–Kier alpha value is -1.31. The van der Waals surface area contributed by atoms with Gasteiger partial charge in [-0.1, -0.05) is 39.0 Å². The van der Waals surface area contributed by atoms with E-state index >= 15 is 0 Å². The van der Waals surface area contributed by atoms with Crippen LogP contribution in [0, 0.1) is 11.8 Å². The lowest BCUT2D eigenvalue weighted by Crippen LogP contribution is -2.16. The van der Waals surface area contributed by atoms with Crippen LogP contribution in [0.3, 0.4) is 0 Å². The van der Waals surface area contributed by atoms with Gasteiger partial charge in [0.25, 0.3) is 0 Å². The van der Waals surface area contributed by atoms with E-state index in [-0.39, 0.29) is 11.8 Å². The molecule has 1 aliphatic carbocycles. The number of carbonyl (C=O) groups is 1. The first kappa shape index (κ1) is 12.2. The summed E-state index contributed by atoms with van der Waals surface area (Å²) in [6.45, 7) is 6.50. The quantitative estimate of drug-likeness (QED) is 0.839. The van der Waals surface area contributed by atoms with E-state index in [1.807, 2.05) is 18.2 Å². The first-order valence-electron chi connectivity index (χ1n) is 6.53. The van der Waals surface area contributed by atoms with Gasteiger partial charge in [-0.05, 0) is 36.3 Å². The molecule has 1 N–H and O–H groups in total. The van der Waals surface area contributed by atoms with Crippen LogP contribution < -0.4 is 5.32 Å². The molecule has 0 bridgehead atoms. The van der Waals surface area contributed by atoms with Crippen molar-refractivity contribution in [1.82, 2.24) is 0 Å². The number of benzene rings is 1. The summed E-state index contributed by atoms with van der Waals surface area (Å²) in [6, 6.07) is 8.14. The summed E-state index contributed by atoms with van der Waals surface area (Å²) in [5.41, 5.74) is 2.24. The molecular weight excluding hydrogens is 210 g/mol. The fraction of sp³-hybridized carbons (Fsp3) is 0.533. The molecule has 0 spiro atoms. The van der Waals surface area contributed by atoms with Crippen molar-refractivity contribution in [3.63, 3.8) is 0 Å². The molecule has 1 fully saturated rings. The maximum absolute atomic E-state index is 11.9. The topological polar surface area (TPSA) is 29.1 Å². The Labute approximate surface area is 103 Å². The highest BCUT2D eigenvalue weighted by Gasteiger charge is 2.39. The fourth-order valence-corrected chi connectivity index (χ4v) is 2.17. The predicted octanol–water partition coefficient (Wildman–Crippen LogP) is 3.79. The minimum atomic E-state index is 0.188. The van der Waals surface area contributed by atoms with Crippen molar-refractivity contribution in [2.45, 2.75) is 39.5 Å². The van der Waals surface area contributed by atoms with Gasteiger partial charge in [0.1, 0.15) is 0 Å². The molecule has 1 amide bonds. The number of para-hydroxylation sites is 1. The maximum Gasteiger partial charge on any atom is 0.227 e. The first-order chi connectivity index (χ1) is 8.13. The monoisotopic (exact) mass is 231 g/mol. The Morgan fingerprint density at radius 1 is 1.47 bits per heavy atom. The third-order valence-electron chi connectivity index (χ3n) is 3.81. The third kappa shape index (κ3) is 2.68. The van der Waals surface area contributed by atoms with Crippen LogP contribution in [0.4, 0.5) is 5.69 Å². The molecule has 17 heavy (non-hydrogen) atoms. The molecule has 2 heteroatoms. The Balaban J connectivity index is 2.12. The normalized spacial score (nSPS) is 24.2. The van der Waals surface area contributed by atoms with Crippen LogP contribution in [0.1, 0.15) is 45.1 Å². The summed E-state index contributed by atoms with van der Waals surface area (Å²) in [7, 11) is 0. The van der Waals surface area contributed by atoms with Gasteiger partial charge in [-0.15, -0.1) is 0 Å². The van der Waals surface area contributed by atoms with Crippen molar-refractivity contribution in [2.75, 3.05) is 5.32 Å². The molecule has 0 aromatic heterocycles. The second-order valence-corrected chi connectivity index (χ2v) is 5.21. The highest BCUT2D eigenvalue weighted by molar-refractivity contribution is 5.95. The summed E-state index contributed by atoms with van der Waals surface area (Å²) in [5, 5.41) is 3.08. The van der Waals surface area contributed by atoms with Crippen LogP contribution in [-0.2, 0) is 4.79 Å². The molecule has 1 saturated carbocycles. The predicted molar refractivity (Wildman–Crippen MR) is 71.0 cm³/mol. The molecule has 3 atom stereocenters. The number of amides is 1. The number of rotatable bonds is 4. The molecule has 92 valence electrons. The average molecular weight is 231 g/mol. The average Bonchev–Trinajstić information content (AvgIpc) is 3.06. The lowest BCUT2D eigenvalue weighted by molar-refractivity contribution is -0.117. The minimum absolute atomic E-state index is 0.188. The summed E-state index contributed by atoms with van der Waals surface area (Å²) < 4.78 is 0. The standard InChI is InChI=1S/C15H21NO/c1-4-10(2)12-7-5-6-8-14(12)16-15(17)13-9-11(13)3/h5-8,10-11,13H,4,9H2,1-3H3,(H,16,17)/t10-,11-,13+/m0/s1. The molecule has 2 nitrogen and oxygen atoms in total. The van der Waals surface area contributed by atoms with E-state index in [0.717, 1.165) is 18.5 Å².